The summed E-state index contributed by atoms with van der Waals surface area (Å²) in [6.07, 6.45) is 5.71. The highest BCUT2D eigenvalue weighted by molar-refractivity contribution is 5.76. The van der Waals surface area contributed by atoms with Crippen molar-refractivity contribution in [1.82, 2.24) is 5.32 Å². The zero-order chi connectivity index (χ0) is 13.6. The van der Waals surface area contributed by atoms with Crippen molar-refractivity contribution < 1.29 is 9.90 Å². The SMILES string of the molecule is CC(C)(CCN)CCC(=O)NC1CCCC(O)C1. The summed E-state index contributed by atoms with van der Waals surface area (Å²) < 4.78 is 0. The molecule has 1 fully saturated rings. The third-order valence-electron chi connectivity index (χ3n) is 3.86. The normalized spacial score (nSPS) is 24.9. The number of aliphatic hydroxyl groups excluding tert-OH is 1. The molecule has 0 aromatic heterocycles. The van der Waals surface area contributed by atoms with Crippen molar-refractivity contribution in [2.75, 3.05) is 6.54 Å². The van der Waals surface area contributed by atoms with Crippen LogP contribution in [0.3, 0.4) is 0 Å². The fourth-order valence-corrected chi connectivity index (χ4v) is 2.56. The van der Waals surface area contributed by atoms with Crippen LogP contribution in [0, 0.1) is 5.41 Å². The van der Waals surface area contributed by atoms with E-state index in [2.05, 4.69) is 19.2 Å². The van der Waals surface area contributed by atoms with Crippen LogP contribution in [0.1, 0.15) is 58.8 Å². The molecule has 0 spiro atoms. The maximum Gasteiger partial charge on any atom is 0.220 e. The van der Waals surface area contributed by atoms with Crippen molar-refractivity contribution in [3.05, 3.63) is 0 Å². The summed E-state index contributed by atoms with van der Waals surface area (Å²) in [7, 11) is 0. The Bertz CT molecular complexity index is 267. The lowest BCUT2D eigenvalue weighted by Gasteiger charge is -2.28. The Balaban J connectivity index is 2.24. The predicted octanol–water partition coefficient (Wildman–Crippen LogP) is 1.56. The van der Waals surface area contributed by atoms with E-state index in [4.69, 9.17) is 5.73 Å². The van der Waals surface area contributed by atoms with Crippen LogP contribution in [0.5, 0.6) is 0 Å². The van der Waals surface area contributed by atoms with Crippen molar-refractivity contribution in [3.8, 4) is 0 Å². The molecule has 1 aliphatic rings. The maximum absolute atomic E-state index is 11.8. The number of carbonyl (C=O) groups is 1. The van der Waals surface area contributed by atoms with Crippen molar-refractivity contribution in [2.24, 2.45) is 11.1 Å². The molecule has 1 saturated carbocycles. The van der Waals surface area contributed by atoms with E-state index in [1.165, 1.54) is 0 Å². The first-order chi connectivity index (χ1) is 8.43. The van der Waals surface area contributed by atoms with Crippen LogP contribution in [0.2, 0.25) is 0 Å². The number of aliphatic hydroxyl groups is 1. The Hall–Kier alpha value is -0.610. The Morgan fingerprint density at radius 3 is 2.72 bits per heavy atom. The molecule has 106 valence electrons. The Labute approximate surface area is 110 Å². The summed E-state index contributed by atoms with van der Waals surface area (Å²) in [5.74, 6) is 0.110. The summed E-state index contributed by atoms with van der Waals surface area (Å²) in [5.41, 5.74) is 5.69. The predicted molar refractivity (Wildman–Crippen MR) is 73.1 cm³/mol. The van der Waals surface area contributed by atoms with Crippen LogP contribution < -0.4 is 11.1 Å². The van der Waals surface area contributed by atoms with Gasteiger partial charge in [0.25, 0.3) is 0 Å². The number of amides is 1. The fourth-order valence-electron chi connectivity index (χ4n) is 2.56. The number of nitrogens with two attached hydrogens (primary N) is 1. The van der Waals surface area contributed by atoms with Gasteiger partial charge in [-0.1, -0.05) is 13.8 Å². The highest BCUT2D eigenvalue weighted by Crippen LogP contribution is 2.26. The smallest absolute Gasteiger partial charge is 0.220 e. The molecule has 1 rings (SSSR count). The molecule has 0 aromatic carbocycles. The minimum Gasteiger partial charge on any atom is -0.393 e. The second-order valence-electron chi connectivity index (χ2n) is 6.29. The molecule has 1 amide bonds. The average molecular weight is 256 g/mol. The van der Waals surface area contributed by atoms with Crippen LogP contribution in [0.25, 0.3) is 0 Å². The summed E-state index contributed by atoms with van der Waals surface area (Å²) >= 11 is 0. The molecule has 0 bridgehead atoms. The van der Waals surface area contributed by atoms with Crippen LogP contribution in [-0.4, -0.2) is 29.7 Å². The number of rotatable bonds is 6. The van der Waals surface area contributed by atoms with Gasteiger partial charge in [-0.15, -0.1) is 0 Å². The van der Waals surface area contributed by atoms with Crippen molar-refractivity contribution >= 4 is 5.91 Å². The lowest BCUT2D eigenvalue weighted by molar-refractivity contribution is -0.122. The molecule has 18 heavy (non-hydrogen) atoms. The van der Waals surface area contributed by atoms with E-state index in [1.807, 2.05) is 0 Å². The van der Waals surface area contributed by atoms with Crippen LogP contribution in [-0.2, 0) is 4.79 Å². The highest BCUT2D eigenvalue weighted by Gasteiger charge is 2.23. The molecule has 1 aliphatic carbocycles. The van der Waals surface area contributed by atoms with Gasteiger partial charge in [0.05, 0.1) is 6.10 Å². The van der Waals surface area contributed by atoms with E-state index in [0.717, 1.165) is 32.1 Å². The van der Waals surface area contributed by atoms with Crippen molar-refractivity contribution in [1.29, 1.82) is 0 Å². The van der Waals surface area contributed by atoms with Crippen LogP contribution >= 0.6 is 0 Å². The fraction of sp³-hybridized carbons (Fsp3) is 0.929. The van der Waals surface area contributed by atoms with Gasteiger partial charge in [-0.2, -0.15) is 0 Å². The summed E-state index contributed by atoms with van der Waals surface area (Å²) in [6.45, 7) is 4.97. The highest BCUT2D eigenvalue weighted by atomic mass is 16.3. The van der Waals surface area contributed by atoms with Gasteiger partial charge >= 0.3 is 0 Å². The molecule has 0 aliphatic heterocycles. The summed E-state index contributed by atoms with van der Waals surface area (Å²) in [5, 5.41) is 12.6. The molecule has 4 N–H and O–H groups in total. The second-order valence-corrected chi connectivity index (χ2v) is 6.29. The standard InChI is InChI=1S/C14H28N2O2/c1-14(2,8-9-15)7-6-13(18)16-11-4-3-5-12(17)10-11/h11-12,17H,3-10,15H2,1-2H3,(H,16,18). The Morgan fingerprint density at radius 2 is 2.11 bits per heavy atom. The molecule has 2 unspecified atom stereocenters. The van der Waals surface area contributed by atoms with Gasteiger partial charge < -0.3 is 16.2 Å². The summed E-state index contributed by atoms with van der Waals surface area (Å²) in [4.78, 5) is 11.8. The van der Waals surface area contributed by atoms with Gasteiger partial charge in [0.1, 0.15) is 0 Å². The zero-order valence-electron chi connectivity index (χ0n) is 11.7. The van der Waals surface area contributed by atoms with Gasteiger partial charge in [-0.25, -0.2) is 0 Å². The lowest BCUT2D eigenvalue weighted by Crippen LogP contribution is -2.40. The van der Waals surface area contributed by atoms with Gasteiger partial charge in [-0.05, 0) is 50.5 Å². The van der Waals surface area contributed by atoms with E-state index >= 15 is 0 Å². The summed E-state index contributed by atoms with van der Waals surface area (Å²) in [6, 6.07) is 0.166. The molecular formula is C14H28N2O2. The Morgan fingerprint density at radius 1 is 1.39 bits per heavy atom. The van der Waals surface area contributed by atoms with E-state index in [-0.39, 0.29) is 23.5 Å². The second kappa shape index (κ2) is 7.10. The number of nitrogens with one attached hydrogen (secondary N) is 1. The first-order valence-electron chi connectivity index (χ1n) is 7.10. The van der Waals surface area contributed by atoms with Crippen LogP contribution in [0.15, 0.2) is 0 Å². The van der Waals surface area contributed by atoms with Gasteiger partial charge in [0, 0.05) is 12.5 Å². The van der Waals surface area contributed by atoms with E-state index in [9.17, 15) is 9.90 Å². The molecule has 4 nitrogen and oxygen atoms in total. The van der Waals surface area contributed by atoms with Gasteiger partial charge in [0.2, 0.25) is 5.91 Å². The maximum atomic E-state index is 11.8. The van der Waals surface area contributed by atoms with Gasteiger partial charge in [0.15, 0.2) is 0 Å². The minimum atomic E-state index is -0.238. The molecule has 2 atom stereocenters. The molecule has 4 heteroatoms. The van der Waals surface area contributed by atoms with E-state index in [0.29, 0.717) is 19.4 Å². The third-order valence-corrected chi connectivity index (χ3v) is 3.86. The minimum absolute atomic E-state index is 0.110. The monoisotopic (exact) mass is 256 g/mol. The molecule has 0 radical (unpaired) electrons. The first kappa shape index (κ1) is 15.4. The molecule has 0 heterocycles. The number of carbonyl (C=O) groups excluding carboxylic acids is 1. The van der Waals surface area contributed by atoms with E-state index < -0.39 is 0 Å². The van der Waals surface area contributed by atoms with Crippen molar-refractivity contribution in [2.45, 2.75) is 70.9 Å². The van der Waals surface area contributed by atoms with Crippen molar-refractivity contribution in [3.63, 3.8) is 0 Å². The molecule has 0 aromatic rings. The lowest BCUT2D eigenvalue weighted by atomic mass is 9.84. The Kier molecular flexibility index (Phi) is 6.09. The zero-order valence-corrected chi connectivity index (χ0v) is 11.7. The van der Waals surface area contributed by atoms with Gasteiger partial charge in [-0.3, -0.25) is 4.79 Å². The quantitative estimate of drug-likeness (QED) is 0.675. The molecular weight excluding hydrogens is 228 g/mol. The number of hydrogen-bond donors (Lipinski definition) is 3. The third kappa shape index (κ3) is 5.83. The molecule has 0 saturated heterocycles. The van der Waals surface area contributed by atoms with E-state index in [1.54, 1.807) is 0 Å². The largest absolute Gasteiger partial charge is 0.393 e. The average Bonchev–Trinajstić information content (AvgIpc) is 2.26. The first-order valence-corrected chi connectivity index (χ1v) is 7.10. The topological polar surface area (TPSA) is 75.4 Å². The number of hydrogen-bond acceptors (Lipinski definition) is 3. The van der Waals surface area contributed by atoms with Crippen LogP contribution in [0.4, 0.5) is 0 Å².